The van der Waals surface area contributed by atoms with Crippen LogP contribution in [0.5, 0.6) is 0 Å². The number of aromatic amines is 1. The zero-order valence-electron chi connectivity index (χ0n) is 7.57. The van der Waals surface area contributed by atoms with Crippen LogP contribution in [0.25, 0.3) is 11.0 Å². The van der Waals surface area contributed by atoms with E-state index in [1.165, 1.54) is 6.92 Å². The van der Waals surface area contributed by atoms with Gasteiger partial charge in [0.2, 0.25) is 0 Å². The van der Waals surface area contributed by atoms with E-state index >= 15 is 0 Å². The topological polar surface area (TPSA) is 45.8 Å². The lowest BCUT2D eigenvalue weighted by molar-refractivity contribution is 0.606. The van der Waals surface area contributed by atoms with Gasteiger partial charge in [0.05, 0.1) is 4.47 Å². The lowest BCUT2D eigenvalue weighted by Gasteiger charge is -2.03. The van der Waals surface area contributed by atoms with Gasteiger partial charge in [-0.15, -0.1) is 0 Å². The number of aryl methyl sites for hydroxylation is 1. The number of fused-ring (bicyclic) bond motifs is 1. The largest absolute Gasteiger partial charge is 0.317 e. The fraction of sp³-hybridized carbons (Fsp3) is 0.111. The number of halogens is 3. The van der Waals surface area contributed by atoms with Crippen LogP contribution in [0, 0.1) is 18.6 Å². The van der Waals surface area contributed by atoms with Crippen LogP contribution in [0.2, 0.25) is 0 Å². The Bertz CT molecular complexity index is 609. The molecule has 78 valence electrons. The average molecular weight is 275 g/mol. The molecule has 0 radical (unpaired) electrons. The SMILES string of the molecule is Cc1nc2c(F)c(Br)cc(F)c2[nH]c1=O. The second-order valence-corrected chi connectivity index (χ2v) is 3.88. The molecule has 0 aliphatic carbocycles. The maximum absolute atomic E-state index is 13.5. The first-order valence-electron chi connectivity index (χ1n) is 4.05. The molecule has 0 amide bonds. The lowest BCUT2D eigenvalue weighted by atomic mass is 10.2. The first-order valence-corrected chi connectivity index (χ1v) is 4.84. The monoisotopic (exact) mass is 274 g/mol. The van der Waals surface area contributed by atoms with Gasteiger partial charge in [0.25, 0.3) is 5.56 Å². The minimum atomic E-state index is -0.720. The number of nitrogens with zero attached hydrogens (tertiary/aromatic N) is 1. The summed E-state index contributed by atoms with van der Waals surface area (Å²) in [5.41, 5.74) is -0.827. The summed E-state index contributed by atoms with van der Waals surface area (Å²) >= 11 is 2.86. The Labute approximate surface area is 91.3 Å². The van der Waals surface area contributed by atoms with Crippen LogP contribution in [0.1, 0.15) is 5.69 Å². The van der Waals surface area contributed by atoms with Crippen LogP contribution >= 0.6 is 15.9 Å². The van der Waals surface area contributed by atoms with Gasteiger partial charge in [-0.25, -0.2) is 13.8 Å². The molecule has 0 saturated heterocycles. The summed E-state index contributed by atoms with van der Waals surface area (Å²) < 4.78 is 26.8. The zero-order valence-corrected chi connectivity index (χ0v) is 9.15. The predicted molar refractivity (Wildman–Crippen MR) is 54.7 cm³/mol. The van der Waals surface area contributed by atoms with Crippen molar-refractivity contribution in [1.82, 2.24) is 9.97 Å². The van der Waals surface area contributed by atoms with Crippen molar-refractivity contribution < 1.29 is 8.78 Å². The van der Waals surface area contributed by atoms with E-state index in [0.717, 1.165) is 6.07 Å². The lowest BCUT2D eigenvalue weighted by Crippen LogP contribution is -2.13. The number of nitrogens with one attached hydrogen (secondary N) is 1. The van der Waals surface area contributed by atoms with Crippen molar-refractivity contribution in [2.45, 2.75) is 6.92 Å². The normalized spacial score (nSPS) is 10.9. The molecule has 0 aliphatic heterocycles. The summed E-state index contributed by atoms with van der Waals surface area (Å²) in [6.07, 6.45) is 0. The van der Waals surface area contributed by atoms with E-state index < -0.39 is 17.2 Å². The second-order valence-electron chi connectivity index (χ2n) is 3.03. The van der Waals surface area contributed by atoms with Gasteiger partial charge in [-0.3, -0.25) is 4.79 Å². The molecular weight excluding hydrogens is 270 g/mol. The van der Waals surface area contributed by atoms with E-state index in [1.54, 1.807) is 0 Å². The molecule has 3 nitrogen and oxygen atoms in total. The van der Waals surface area contributed by atoms with Crippen molar-refractivity contribution in [3.63, 3.8) is 0 Å². The summed E-state index contributed by atoms with van der Waals surface area (Å²) in [5, 5.41) is 0. The molecule has 0 aliphatic rings. The van der Waals surface area contributed by atoms with E-state index in [4.69, 9.17) is 0 Å². The van der Waals surface area contributed by atoms with Crippen molar-refractivity contribution in [3.8, 4) is 0 Å². The van der Waals surface area contributed by atoms with E-state index in [9.17, 15) is 13.6 Å². The molecule has 0 saturated carbocycles. The predicted octanol–water partition coefficient (Wildman–Crippen LogP) is 2.27. The van der Waals surface area contributed by atoms with Gasteiger partial charge < -0.3 is 4.98 Å². The summed E-state index contributed by atoms with van der Waals surface area (Å²) in [6, 6.07) is 0.949. The molecule has 1 N–H and O–H groups in total. The van der Waals surface area contributed by atoms with Crippen LogP contribution in [-0.4, -0.2) is 9.97 Å². The van der Waals surface area contributed by atoms with Crippen molar-refractivity contribution in [2.75, 3.05) is 0 Å². The van der Waals surface area contributed by atoms with Crippen molar-refractivity contribution >= 4 is 27.0 Å². The summed E-state index contributed by atoms with van der Waals surface area (Å²) in [7, 11) is 0. The Morgan fingerprint density at radius 3 is 2.80 bits per heavy atom. The minimum absolute atomic E-state index is 0.0218. The van der Waals surface area contributed by atoms with Crippen LogP contribution in [0.4, 0.5) is 8.78 Å². The highest BCUT2D eigenvalue weighted by atomic mass is 79.9. The molecule has 2 rings (SSSR count). The van der Waals surface area contributed by atoms with Gasteiger partial charge in [0.15, 0.2) is 5.82 Å². The third-order valence-corrected chi connectivity index (χ3v) is 2.57. The van der Waals surface area contributed by atoms with Gasteiger partial charge >= 0.3 is 0 Å². The molecule has 15 heavy (non-hydrogen) atoms. The maximum Gasteiger partial charge on any atom is 0.269 e. The zero-order chi connectivity index (χ0) is 11.2. The smallest absolute Gasteiger partial charge is 0.269 e. The molecule has 0 spiro atoms. The van der Waals surface area contributed by atoms with Crippen molar-refractivity contribution in [2.24, 2.45) is 0 Å². The number of rotatable bonds is 0. The standard InChI is InChI=1S/C9H5BrF2N2O/c1-3-9(15)14-7-5(11)2-4(10)6(12)8(7)13-3/h2H,1H3,(H,14,15). The number of aromatic nitrogens is 2. The molecule has 6 heteroatoms. The molecule has 1 aromatic carbocycles. The first kappa shape index (κ1) is 10.2. The Balaban J connectivity index is 3.04. The Hall–Kier alpha value is -1.30. The number of H-pyrrole nitrogens is 1. The number of benzene rings is 1. The van der Waals surface area contributed by atoms with E-state index in [2.05, 4.69) is 25.9 Å². The fourth-order valence-electron chi connectivity index (χ4n) is 1.23. The number of hydrogen-bond acceptors (Lipinski definition) is 2. The summed E-state index contributed by atoms with van der Waals surface area (Å²) in [6.45, 7) is 1.43. The van der Waals surface area contributed by atoms with E-state index in [-0.39, 0.29) is 21.2 Å². The third-order valence-electron chi connectivity index (χ3n) is 1.99. The van der Waals surface area contributed by atoms with Gasteiger partial charge in [0, 0.05) is 0 Å². The van der Waals surface area contributed by atoms with Gasteiger partial charge in [-0.1, -0.05) is 0 Å². The van der Waals surface area contributed by atoms with Crippen LogP contribution < -0.4 is 5.56 Å². The molecule has 0 unspecified atom stereocenters. The van der Waals surface area contributed by atoms with Gasteiger partial charge in [0.1, 0.15) is 22.5 Å². The molecular formula is C9H5BrF2N2O. The van der Waals surface area contributed by atoms with Crippen molar-refractivity contribution in [1.29, 1.82) is 0 Å². The van der Waals surface area contributed by atoms with Gasteiger partial charge in [-0.05, 0) is 28.9 Å². The fourth-order valence-corrected chi connectivity index (χ4v) is 1.62. The minimum Gasteiger partial charge on any atom is -0.317 e. The third kappa shape index (κ3) is 1.54. The highest BCUT2D eigenvalue weighted by molar-refractivity contribution is 9.10. The van der Waals surface area contributed by atoms with Crippen LogP contribution in [0.3, 0.4) is 0 Å². The summed E-state index contributed by atoms with van der Waals surface area (Å²) in [4.78, 5) is 17.1. The Morgan fingerprint density at radius 2 is 2.13 bits per heavy atom. The second kappa shape index (κ2) is 3.37. The highest BCUT2D eigenvalue weighted by Crippen LogP contribution is 2.24. The molecule has 1 aromatic heterocycles. The number of hydrogen-bond donors (Lipinski definition) is 1. The van der Waals surface area contributed by atoms with Crippen LogP contribution in [-0.2, 0) is 0 Å². The van der Waals surface area contributed by atoms with E-state index in [0.29, 0.717) is 0 Å². The molecule has 0 atom stereocenters. The molecule has 0 bridgehead atoms. The molecule has 2 aromatic rings. The quantitative estimate of drug-likeness (QED) is 0.750. The maximum atomic E-state index is 13.5. The Morgan fingerprint density at radius 1 is 1.47 bits per heavy atom. The average Bonchev–Trinajstić information content (AvgIpc) is 2.18. The van der Waals surface area contributed by atoms with Gasteiger partial charge in [-0.2, -0.15) is 0 Å². The first-order chi connectivity index (χ1) is 7.00. The van der Waals surface area contributed by atoms with E-state index in [1.807, 2.05) is 0 Å². The molecule has 1 heterocycles. The molecule has 0 fully saturated rings. The van der Waals surface area contributed by atoms with Crippen molar-refractivity contribution in [3.05, 3.63) is 38.2 Å². The highest BCUT2D eigenvalue weighted by Gasteiger charge is 2.13. The summed E-state index contributed by atoms with van der Waals surface area (Å²) in [5.74, 6) is -1.41. The van der Waals surface area contributed by atoms with Crippen LogP contribution in [0.15, 0.2) is 15.3 Å². The Kier molecular flexibility index (Phi) is 2.30.